The molecule has 2 rings (SSSR count). The third kappa shape index (κ3) is 4.15. The minimum Gasteiger partial charge on any atom is -0.322 e. The Labute approximate surface area is 145 Å². The van der Waals surface area contributed by atoms with Gasteiger partial charge >= 0.3 is 0 Å². The first-order valence-corrected chi connectivity index (χ1v) is 9.63. The summed E-state index contributed by atoms with van der Waals surface area (Å²) in [5.41, 5.74) is 1.05. The molecule has 8 heteroatoms. The number of hydroxylamine groups is 1. The predicted octanol–water partition coefficient (Wildman–Crippen LogP) is 2.84. The Hall–Kier alpha value is -1.87. The van der Waals surface area contributed by atoms with E-state index in [4.69, 9.17) is 4.84 Å². The minimum absolute atomic E-state index is 0.0489. The smallest absolute Gasteiger partial charge is 0.264 e. The molecule has 0 spiro atoms. The van der Waals surface area contributed by atoms with Crippen LogP contribution < -0.4 is 5.32 Å². The van der Waals surface area contributed by atoms with E-state index in [1.165, 1.54) is 38.4 Å². The van der Waals surface area contributed by atoms with Crippen LogP contribution in [0.2, 0.25) is 0 Å². The van der Waals surface area contributed by atoms with Gasteiger partial charge in [0.05, 0.1) is 12.0 Å². The summed E-state index contributed by atoms with van der Waals surface area (Å²) in [4.78, 5) is 18.1. The molecule has 2 aromatic rings. The molecule has 1 N–H and O–H groups in total. The van der Waals surface area contributed by atoms with Crippen LogP contribution in [0.5, 0.6) is 0 Å². The molecule has 128 valence electrons. The molecule has 0 radical (unpaired) electrons. The van der Waals surface area contributed by atoms with Crippen LogP contribution in [-0.4, -0.2) is 39.2 Å². The molecule has 0 bridgehead atoms. The zero-order valence-corrected chi connectivity index (χ0v) is 15.1. The highest BCUT2D eigenvalue weighted by Gasteiger charge is 2.20. The van der Waals surface area contributed by atoms with Crippen molar-refractivity contribution in [3.63, 3.8) is 0 Å². The Bertz CT molecular complexity index is 820. The molecule has 0 fully saturated rings. The van der Waals surface area contributed by atoms with E-state index in [-0.39, 0.29) is 10.8 Å². The number of amides is 1. The van der Waals surface area contributed by atoms with E-state index < -0.39 is 10.0 Å². The van der Waals surface area contributed by atoms with Crippen LogP contribution >= 0.6 is 11.8 Å². The van der Waals surface area contributed by atoms with Gasteiger partial charge in [-0.1, -0.05) is 10.5 Å². The number of rotatable bonds is 6. The lowest BCUT2D eigenvalue weighted by molar-refractivity contribution is -0.0258. The molecule has 24 heavy (non-hydrogen) atoms. The van der Waals surface area contributed by atoms with Crippen LogP contribution in [0.1, 0.15) is 10.4 Å². The molecular formula is C16H18N2O4S2. The van der Waals surface area contributed by atoms with Gasteiger partial charge in [-0.2, -0.15) is 0 Å². The van der Waals surface area contributed by atoms with Crippen molar-refractivity contribution < 1.29 is 18.0 Å². The van der Waals surface area contributed by atoms with Gasteiger partial charge in [-0.05, 0) is 48.7 Å². The largest absolute Gasteiger partial charge is 0.322 e. The maximum atomic E-state index is 12.3. The highest BCUT2D eigenvalue weighted by Crippen LogP contribution is 2.20. The SMILES string of the molecule is CON(C)S(=O)(=O)c1ccc(C(=O)Nc2cccc(SC)c2)cc1. The molecule has 0 saturated heterocycles. The summed E-state index contributed by atoms with van der Waals surface area (Å²) in [7, 11) is -1.16. The van der Waals surface area contributed by atoms with Gasteiger partial charge < -0.3 is 5.32 Å². The summed E-state index contributed by atoms with van der Waals surface area (Å²) in [6.07, 6.45) is 1.96. The first-order chi connectivity index (χ1) is 11.4. The highest BCUT2D eigenvalue weighted by atomic mass is 32.2. The van der Waals surface area contributed by atoms with Crippen molar-refractivity contribution in [2.75, 3.05) is 25.7 Å². The van der Waals surface area contributed by atoms with E-state index in [0.29, 0.717) is 11.3 Å². The molecular weight excluding hydrogens is 348 g/mol. The number of hydrogen-bond acceptors (Lipinski definition) is 5. The zero-order chi connectivity index (χ0) is 17.7. The standard InChI is InChI=1S/C16H18N2O4S2/c1-18(22-2)24(20,21)15-9-7-12(8-10-15)16(19)17-13-5-4-6-14(11-13)23-3/h4-11H,1-3H3,(H,17,19). The van der Waals surface area contributed by atoms with Gasteiger partial charge in [0.1, 0.15) is 0 Å². The number of thioether (sulfide) groups is 1. The number of hydrogen-bond donors (Lipinski definition) is 1. The van der Waals surface area contributed by atoms with E-state index in [2.05, 4.69) is 5.32 Å². The van der Waals surface area contributed by atoms with Crippen molar-refractivity contribution in [2.24, 2.45) is 0 Å². The van der Waals surface area contributed by atoms with Gasteiger partial charge in [-0.25, -0.2) is 8.42 Å². The Morgan fingerprint density at radius 1 is 1.17 bits per heavy atom. The molecule has 1 amide bonds. The van der Waals surface area contributed by atoms with Crippen molar-refractivity contribution in [3.8, 4) is 0 Å². The fraction of sp³-hybridized carbons (Fsp3) is 0.188. The van der Waals surface area contributed by atoms with E-state index >= 15 is 0 Å². The van der Waals surface area contributed by atoms with Crippen molar-refractivity contribution in [1.82, 2.24) is 4.47 Å². The number of nitrogens with one attached hydrogen (secondary N) is 1. The molecule has 0 heterocycles. The van der Waals surface area contributed by atoms with Crippen molar-refractivity contribution in [3.05, 3.63) is 54.1 Å². The van der Waals surface area contributed by atoms with Crippen LogP contribution in [0.15, 0.2) is 58.3 Å². The number of anilines is 1. The van der Waals surface area contributed by atoms with E-state index in [1.54, 1.807) is 17.8 Å². The first kappa shape index (κ1) is 18.5. The molecule has 0 aliphatic rings. The normalized spacial score (nSPS) is 11.5. The molecule has 2 aromatic carbocycles. The van der Waals surface area contributed by atoms with Crippen LogP contribution in [0.3, 0.4) is 0 Å². The van der Waals surface area contributed by atoms with E-state index in [1.807, 2.05) is 24.5 Å². The number of sulfonamides is 1. The fourth-order valence-electron chi connectivity index (χ4n) is 1.93. The summed E-state index contributed by atoms with van der Waals surface area (Å²) < 4.78 is 25.0. The second-order valence-electron chi connectivity index (χ2n) is 4.81. The molecule has 0 saturated carbocycles. The number of carbonyl (C=O) groups is 1. The van der Waals surface area contributed by atoms with Crippen molar-refractivity contribution in [1.29, 1.82) is 0 Å². The Morgan fingerprint density at radius 3 is 2.42 bits per heavy atom. The van der Waals surface area contributed by atoms with Gasteiger partial charge in [0.25, 0.3) is 15.9 Å². The maximum absolute atomic E-state index is 12.3. The summed E-state index contributed by atoms with van der Waals surface area (Å²) in [6, 6.07) is 13.1. The predicted molar refractivity (Wildman–Crippen MR) is 94.6 cm³/mol. The number of benzene rings is 2. The average molecular weight is 366 g/mol. The van der Waals surface area contributed by atoms with E-state index in [9.17, 15) is 13.2 Å². The summed E-state index contributed by atoms with van der Waals surface area (Å²) in [6.45, 7) is 0. The van der Waals surface area contributed by atoms with Gasteiger partial charge in [-0.3, -0.25) is 9.63 Å². The molecule has 0 aliphatic carbocycles. The summed E-state index contributed by atoms with van der Waals surface area (Å²) >= 11 is 1.58. The zero-order valence-electron chi connectivity index (χ0n) is 13.5. The third-order valence-corrected chi connectivity index (χ3v) is 5.76. The van der Waals surface area contributed by atoms with E-state index in [0.717, 1.165) is 9.36 Å². The lowest BCUT2D eigenvalue weighted by Crippen LogP contribution is -2.25. The van der Waals surface area contributed by atoms with Crippen LogP contribution in [-0.2, 0) is 14.9 Å². The lowest BCUT2D eigenvalue weighted by Gasteiger charge is -2.14. The quantitative estimate of drug-likeness (QED) is 0.628. The van der Waals surface area contributed by atoms with Gasteiger partial charge in [-0.15, -0.1) is 11.8 Å². The topological polar surface area (TPSA) is 75.7 Å². The fourth-order valence-corrected chi connectivity index (χ4v) is 3.36. The van der Waals surface area contributed by atoms with Crippen LogP contribution in [0.25, 0.3) is 0 Å². The monoisotopic (exact) mass is 366 g/mol. The highest BCUT2D eigenvalue weighted by molar-refractivity contribution is 7.98. The lowest BCUT2D eigenvalue weighted by atomic mass is 10.2. The second kappa shape index (κ2) is 7.80. The summed E-state index contributed by atoms with van der Waals surface area (Å²) in [5.74, 6) is -0.308. The molecule has 6 nitrogen and oxygen atoms in total. The average Bonchev–Trinajstić information content (AvgIpc) is 2.61. The first-order valence-electron chi connectivity index (χ1n) is 6.97. The third-order valence-electron chi connectivity index (χ3n) is 3.34. The van der Waals surface area contributed by atoms with Crippen LogP contribution in [0, 0.1) is 0 Å². The number of nitrogens with zero attached hydrogens (tertiary/aromatic N) is 1. The molecule has 0 atom stereocenters. The van der Waals surface area contributed by atoms with Gasteiger partial charge in [0.2, 0.25) is 0 Å². The van der Waals surface area contributed by atoms with Crippen LogP contribution in [0.4, 0.5) is 5.69 Å². The maximum Gasteiger partial charge on any atom is 0.264 e. The molecule has 0 unspecified atom stereocenters. The number of carbonyl (C=O) groups excluding carboxylic acids is 1. The van der Waals surface area contributed by atoms with Crippen molar-refractivity contribution >= 4 is 33.4 Å². The summed E-state index contributed by atoms with van der Waals surface area (Å²) in [5, 5.41) is 2.79. The minimum atomic E-state index is -3.72. The van der Waals surface area contributed by atoms with Gasteiger partial charge in [0, 0.05) is 23.2 Å². The second-order valence-corrected chi connectivity index (χ2v) is 7.62. The Morgan fingerprint density at radius 2 is 1.83 bits per heavy atom. The molecule has 0 aliphatic heterocycles. The molecule has 0 aromatic heterocycles. The van der Waals surface area contributed by atoms with Crippen molar-refractivity contribution in [2.45, 2.75) is 9.79 Å². The van der Waals surface area contributed by atoms with Gasteiger partial charge in [0.15, 0.2) is 0 Å². The Balaban J connectivity index is 2.17. The Kier molecular flexibility index (Phi) is 6.00.